The molecule has 0 aliphatic carbocycles. The maximum absolute atomic E-state index is 3.84. The Morgan fingerprint density at radius 1 is 1.00 bits per heavy atom. The van der Waals surface area contributed by atoms with Crippen molar-refractivity contribution in [3.05, 3.63) is 21.8 Å². The van der Waals surface area contributed by atoms with Crippen LogP contribution < -0.4 is 0 Å². The van der Waals surface area contributed by atoms with Gasteiger partial charge in [-0.05, 0) is 0 Å². The van der Waals surface area contributed by atoms with E-state index in [1.54, 1.807) is 0 Å². The van der Waals surface area contributed by atoms with E-state index in [4.69, 9.17) is 0 Å². The first-order valence-corrected chi connectivity index (χ1v) is 2.47. The topological polar surface area (TPSA) is 0 Å². The van der Waals surface area contributed by atoms with Crippen molar-refractivity contribution in [2.24, 2.45) is 11.8 Å². The molecule has 1 atom stereocenters. The monoisotopic (exact) mass is 204 g/mol. The van der Waals surface area contributed by atoms with E-state index in [1.807, 2.05) is 0 Å². The summed E-state index contributed by atoms with van der Waals surface area (Å²) in [5, 5.41) is 0. The molecule has 0 nitrogen and oxygen atoms in total. The van der Waals surface area contributed by atoms with Gasteiger partial charge in [-0.1, -0.05) is 26.7 Å². The van der Waals surface area contributed by atoms with E-state index in [9.17, 15) is 0 Å². The maximum atomic E-state index is 3.84. The maximum Gasteiger partial charge on any atom is 3.00 e. The molecule has 0 aromatic heterocycles. The van der Waals surface area contributed by atoms with E-state index in [-0.39, 0.29) is 47.6 Å². The van der Waals surface area contributed by atoms with Crippen LogP contribution >= 0.6 is 0 Å². The van der Waals surface area contributed by atoms with Crippen LogP contribution in [0.3, 0.4) is 0 Å². The molecule has 0 fully saturated rings. The Balaban J connectivity index is -0.0000000417. The Hall–Kier alpha value is 1.10. The Morgan fingerprint density at radius 2 is 1.11 bits per heavy atom. The van der Waals surface area contributed by atoms with Gasteiger partial charge in [0.1, 0.15) is 0 Å². The summed E-state index contributed by atoms with van der Waals surface area (Å²) >= 11 is 0. The zero-order valence-electron chi connectivity index (χ0n) is 7.44. The average molecular weight is 204 g/mol. The largest absolute Gasteiger partial charge is 3.00 e. The van der Waals surface area contributed by atoms with Crippen molar-refractivity contribution < 1.29 is 32.7 Å². The molecular weight excluding hydrogens is 185 g/mol. The van der Waals surface area contributed by atoms with E-state index in [0.717, 1.165) is 5.92 Å². The van der Waals surface area contributed by atoms with Gasteiger partial charge in [0.05, 0.1) is 0 Å². The standard InChI is InChI=1S/C6H13.2CH3.Y/c1-5(2)6(3)4;;;/h5-6H,1H2,2-4H3;2*1H3;/q3*-1;+3. The zero-order valence-corrected chi connectivity index (χ0v) is 10.3. The Bertz CT molecular complexity index is 25.5. The third-order valence-electron chi connectivity index (χ3n) is 1.14. The van der Waals surface area contributed by atoms with Gasteiger partial charge < -0.3 is 21.8 Å². The van der Waals surface area contributed by atoms with Crippen molar-refractivity contribution in [3.8, 4) is 0 Å². The predicted octanol–water partition coefficient (Wildman–Crippen LogP) is 3.01. The van der Waals surface area contributed by atoms with Crippen LogP contribution in [-0.2, 0) is 32.7 Å². The molecule has 0 N–H and O–H groups in total. The molecule has 0 saturated heterocycles. The molecule has 0 aromatic rings. The minimum Gasteiger partial charge on any atom is -0.358 e. The van der Waals surface area contributed by atoms with Gasteiger partial charge in [-0.3, -0.25) is 0 Å². The third-order valence-corrected chi connectivity index (χ3v) is 1.14. The fraction of sp³-hybridized carbons (Fsp3) is 0.625. The number of hydrogen-bond acceptors (Lipinski definition) is 0. The van der Waals surface area contributed by atoms with Gasteiger partial charge in [0.15, 0.2) is 0 Å². The Kier molecular flexibility index (Phi) is 29.6. The van der Waals surface area contributed by atoms with Crippen LogP contribution in [-0.4, -0.2) is 0 Å². The third kappa shape index (κ3) is 17.6. The van der Waals surface area contributed by atoms with Crippen molar-refractivity contribution in [2.75, 3.05) is 0 Å². The van der Waals surface area contributed by atoms with Crippen molar-refractivity contribution >= 4 is 0 Å². The quantitative estimate of drug-likeness (QED) is 0.576. The number of rotatable bonds is 1. The molecule has 54 valence electrons. The second-order valence-electron chi connectivity index (χ2n) is 2.22. The molecule has 9 heavy (non-hydrogen) atoms. The molecule has 0 radical (unpaired) electrons. The molecule has 1 unspecified atom stereocenters. The molecule has 0 spiro atoms. The van der Waals surface area contributed by atoms with Gasteiger partial charge in [-0.25, -0.2) is 0 Å². The van der Waals surface area contributed by atoms with Crippen LogP contribution in [0.15, 0.2) is 0 Å². The fourth-order valence-corrected chi connectivity index (χ4v) is 0. The SMILES string of the molecule is [CH2-]C(C)C(C)C.[CH3-].[CH3-].[Y+3]. The summed E-state index contributed by atoms with van der Waals surface area (Å²) in [6, 6.07) is 0. The zero-order chi connectivity index (χ0) is 5.15. The molecule has 0 heterocycles. The van der Waals surface area contributed by atoms with Crippen LogP contribution in [0.2, 0.25) is 0 Å². The second kappa shape index (κ2) is 11.8. The molecule has 0 saturated carbocycles. The Morgan fingerprint density at radius 3 is 1.11 bits per heavy atom. The van der Waals surface area contributed by atoms with Crippen molar-refractivity contribution in [1.29, 1.82) is 0 Å². The van der Waals surface area contributed by atoms with Gasteiger partial charge in [-0.2, -0.15) is 5.92 Å². The summed E-state index contributed by atoms with van der Waals surface area (Å²) in [5.41, 5.74) is 0. The second-order valence-corrected chi connectivity index (χ2v) is 2.22. The van der Waals surface area contributed by atoms with Crippen LogP contribution in [0, 0.1) is 33.6 Å². The summed E-state index contributed by atoms with van der Waals surface area (Å²) in [4.78, 5) is 0. The molecule has 0 bridgehead atoms. The molecule has 0 aliphatic heterocycles. The molecule has 0 aliphatic rings. The Labute approximate surface area is 86.7 Å². The van der Waals surface area contributed by atoms with Gasteiger partial charge in [-0.15, -0.1) is 0 Å². The van der Waals surface area contributed by atoms with Crippen LogP contribution in [0.4, 0.5) is 0 Å². The molecule has 0 rings (SSSR count). The fourth-order valence-electron chi connectivity index (χ4n) is 0. The minimum absolute atomic E-state index is 0. The first-order chi connectivity index (χ1) is 2.64. The normalized spacial score (nSPS) is 10.3. The van der Waals surface area contributed by atoms with Crippen molar-refractivity contribution in [2.45, 2.75) is 20.8 Å². The summed E-state index contributed by atoms with van der Waals surface area (Å²) in [6.45, 7) is 10.3. The summed E-state index contributed by atoms with van der Waals surface area (Å²) in [6.07, 6.45) is 0. The van der Waals surface area contributed by atoms with Gasteiger partial charge >= 0.3 is 32.7 Å². The van der Waals surface area contributed by atoms with E-state index in [2.05, 4.69) is 27.7 Å². The van der Waals surface area contributed by atoms with E-state index in [1.165, 1.54) is 0 Å². The van der Waals surface area contributed by atoms with Crippen molar-refractivity contribution in [3.63, 3.8) is 0 Å². The molecule has 1 heteroatoms. The first kappa shape index (κ1) is 22.5. The van der Waals surface area contributed by atoms with E-state index < -0.39 is 0 Å². The van der Waals surface area contributed by atoms with Crippen LogP contribution in [0.25, 0.3) is 0 Å². The minimum atomic E-state index is 0. The van der Waals surface area contributed by atoms with Crippen LogP contribution in [0.1, 0.15) is 20.8 Å². The van der Waals surface area contributed by atoms with Crippen LogP contribution in [0.5, 0.6) is 0 Å². The van der Waals surface area contributed by atoms with E-state index in [0.29, 0.717) is 5.92 Å². The predicted molar refractivity (Wildman–Crippen MR) is 42.2 cm³/mol. The summed E-state index contributed by atoms with van der Waals surface area (Å²) in [7, 11) is 0. The van der Waals surface area contributed by atoms with E-state index >= 15 is 0 Å². The average Bonchev–Trinajstić information content (AvgIpc) is 1.36. The van der Waals surface area contributed by atoms with Crippen molar-refractivity contribution in [1.82, 2.24) is 0 Å². The molecule has 0 amide bonds. The van der Waals surface area contributed by atoms with Gasteiger partial charge in [0.25, 0.3) is 0 Å². The summed E-state index contributed by atoms with van der Waals surface area (Å²) < 4.78 is 0. The number of hydrogen-bond donors (Lipinski definition) is 0. The summed E-state index contributed by atoms with van der Waals surface area (Å²) in [5.74, 6) is 1.34. The first-order valence-electron chi connectivity index (χ1n) is 2.47. The molecular formula is C8H19Y. The van der Waals surface area contributed by atoms with Gasteiger partial charge in [0.2, 0.25) is 0 Å². The van der Waals surface area contributed by atoms with Gasteiger partial charge in [0, 0.05) is 0 Å². The molecule has 0 aromatic carbocycles. The smallest absolute Gasteiger partial charge is 0.358 e.